The van der Waals surface area contributed by atoms with Crippen molar-refractivity contribution in [2.24, 2.45) is 0 Å². The Morgan fingerprint density at radius 1 is 1.04 bits per heavy atom. The summed E-state index contributed by atoms with van der Waals surface area (Å²) in [6.45, 7) is 2.46. The van der Waals surface area contributed by atoms with Crippen LogP contribution in [0, 0.1) is 6.92 Å². The molecule has 1 aliphatic rings. The summed E-state index contributed by atoms with van der Waals surface area (Å²) in [6.07, 6.45) is 1.58. The number of aryl methyl sites for hydroxylation is 1. The van der Waals surface area contributed by atoms with E-state index in [-0.39, 0.29) is 5.70 Å². The van der Waals surface area contributed by atoms with Crippen LogP contribution in [0.25, 0.3) is 6.08 Å². The summed E-state index contributed by atoms with van der Waals surface area (Å²) in [5.74, 6) is 0.696. The average molecular weight is 338 g/mol. The Hall–Kier alpha value is -3.28. The van der Waals surface area contributed by atoms with Gasteiger partial charge in [0.25, 0.3) is 5.91 Å². The van der Waals surface area contributed by atoms with Crippen LogP contribution < -0.4 is 20.1 Å². The highest BCUT2D eigenvalue weighted by Gasteiger charge is 2.22. The van der Waals surface area contributed by atoms with Crippen LogP contribution in [0.3, 0.4) is 0 Å². The molecule has 0 aliphatic carbocycles. The van der Waals surface area contributed by atoms with E-state index in [2.05, 4.69) is 16.7 Å². The molecule has 0 unspecified atom stereocenters. The fourth-order valence-corrected chi connectivity index (χ4v) is 2.51. The van der Waals surface area contributed by atoms with Gasteiger partial charge in [-0.25, -0.2) is 4.79 Å². The van der Waals surface area contributed by atoms with Gasteiger partial charge in [-0.3, -0.25) is 10.1 Å². The van der Waals surface area contributed by atoms with Crippen molar-refractivity contribution < 1.29 is 19.1 Å². The molecule has 1 aliphatic heterocycles. The van der Waals surface area contributed by atoms with Gasteiger partial charge in [0.1, 0.15) is 12.3 Å². The Morgan fingerprint density at radius 2 is 1.88 bits per heavy atom. The van der Waals surface area contributed by atoms with Gasteiger partial charge in [-0.15, -0.1) is 0 Å². The van der Waals surface area contributed by atoms with Crippen molar-refractivity contribution in [1.29, 1.82) is 0 Å². The van der Waals surface area contributed by atoms with Gasteiger partial charge in [0.05, 0.1) is 7.11 Å². The SMILES string of the molecule is COc1cc(/C=C2/NC(=O)NC2=O)ccc1OCc1cccc(C)c1. The first-order valence-corrected chi connectivity index (χ1v) is 7.75. The maximum absolute atomic E-state index is 11.6. The van der Waals surface area contributed by atoms with Crippen LogP contribution in [0.1, 0.15) is 16.7 Å². The Morgan fingerprint density at radius 3 is 2.56 bits per heavy atom. The van der Waals surface area contributed by atoms with Crippen LogP contribution in [-0.2, 0) is 11.4 Å². The van der Waals surface area contributed by atoms with Crippen molar-refractivity contribution in [2.45, 2.75) is 13.5 Å². The number of benzene rings is 2. The van der Waals surface area contributed by atoms with E-state index in [1.165, 1.54) is 5.56 Å². The number of urea groups is 1. The molecule has 0 radical (unpaired) electrons. The molecular weight excluding hydrogens is 320 g/mol. The molecule has 1 heterocycles. The molecule has 2 N–H and O–H groups in total. The van der Waals surface area contributed by atoms with Gasteiger partial charge < -0.3 is 14.8 Å². The zero-order valence-electron chi connectivity index (χ0n) is 14.0. The lowest BCUT2D eigenvalue weighted by Gasteiger charge is -2.12. The molecule has 2 aromatic rings. The highest BCUT2D eigenvalue weighted by molar-refractivity contribution is 6.14. The molecule has 3 amide bonds. The third-order valence-corrected chi connectivity index (χ3v) is 3.70. The molecule has 1 fully saturated rings. The molecule has 3 rings (SSSR count). The maximum Gasteiger partial charge on any atom is 0.326 e. The Bertz CT molecular complexity index is 858. The number of amides is 3. The molecule has 128 valence electrons. The van der Waals surface area contributed by atoms with E-state index >= 15 is 0 Å². The van der Waals surface area contributed by atoms with Gasteiger partial charge in [0.15, 0.2) is 11.5 Å². The number of imide groups is 1. The Balaban J connectivity index is 1.77. The summed E-state index contributed by atoms with van der Waals surface area (Å²) in [4.78, 5) is 22.7. The minimum atomic E-state index is -0.527. The molecule has 0 aromatic heterocycles. The zero-order chi connectivity index (χ0) is 17.8. The van der Waals surface area contributed by atoms with Gasteiger partial charge >= 0.3 is 6.03 Å². The Kier molecular flexibility index (Phi) is 4.70. The first kappa shape index (κ1) is 16.6. The molecule has 0 atom stereocenters. The van der Waals surface area contributed by atoms with Crippen LogP contribution >= 0.6 is 0 Å². The number of carbonyl (C=O) groups is 2. The number of carbonyl (C=O) groups excluding carboxylic acids is 2. The number of methoxy groups -OCH3 is 1. The van der Waals surface area contributed by atoms with E-state index in [0.717, 1.165) is 5.56 Å². The highest BCUT2D eigenvalue weighted by atomic mass is 16.5. The molecule has 6 nitrogen and oxygen atoms in total. The minimum absolute atomic E-state index is 0.195. The van der Waals surface area contributed by atoms with E-state index in [9.17, 15) is 9.59 Å². The number of nitrogens with one attached hydrogen (secondary N) is 2. The molecule has 1 saturated heterocycles. The second-order valence-corrected chi connectivity index (χ2v) is 5.65. The summed E-state index contributed by atoms with van der Waals surface area (Å²) in [7, 11) is 1.55. The van der Waals surface area contributed by atoms with E-state index < -0.39 is 11.9 Å². The number of hydrogen-bond donors (Lipinski definition) is 2. The average Bonchev–Trinajstić information content (AvgIpc) is 2.91. The van der Waals surface area contributed by atoms with Crippen LogP contribution in [0.15, 0.2) is 48.2 Å². The highest BCUT2D eigenvalue weighted by Crippen LogP contribution is 2.29. The van der Waals surface area contributed by atoms with E-state index in [0.29, 0.717) is 23.7 Å². The third-order valence-electron chi connectivity index (χ3n) is 3.70. The minimum Gasteiger partial charge on any atom is -0.493 e. The molecular formula is C19H18N2O4. The van der Waals surface area contributed by atoms with Crippen LogP contribution in [0.5, 0.6) is 11.5 Å². The maximum atomic E-state index is 11.6. The van der Waals surface area contributed by atoms with Gasteiger partial charge in [0.2, 0.25) is 0 Å². The summed E-state index contributed by atoms with van der Waals surface area (Å²) >= 11 is 0. The lowest BCUT2D eigenvalue weighted by atomic mass is 10.1. The summed E-state index contributed by atoms with van der Waals surface area (Å²) in [5.41, 5.74) is 3.15. The zero-order valence-corrected chi connectivity index (χ0v) is 14.0. The molecule has 25 heavy (non-hydrogen) atoms. The largest absolute Gasteiger partial charge is 0.493 e. The molecule has 0 spiro atoms. The standard InChI is InChI=1S/C19H18N2O4/c1-12-4-3-5-14(8-12)11-25-16-7-6-13(10-17(16)24-2)9-15-18(22)21-19(23)20-15/h3-10H,11H2,1-2H3,(H2,20,21,22,23)/b15-9+. The monoisotopic (exact) mass is 338 g/mol. The third kappa shape index (κ3) is 3.98. The fourth-order valence-electron chi connectivity index (χ4n) is 2.51. The fraction of sp³-hybridized carbons (Fsp3) is 0.158. The molecule has 0 bridgehead atoms. The van der Waals surface area contributed by atoms with Crippen molar-refractivity contribution in [3.8, 4) is 11.5 Å². The van der Waals surface area contributed by atoms with Gasteiger partial charge in [-0.2, -0.15) is 0 Å². The predicted molar refractivity (Wildman–Crippen MR) is 93.2 cm³/mol. The molecule has 0 saturated carbocycles. The summed E-state index contributed by atoms with van der Waals surface area (Å²) < 4.78 is 11.2. The van der Waals surface area contributed by atoms with Crippen molar-refractivity contribution >= 4 is 18.0 Å². The number of hydrogen-bond acceptors (Lipinski definition) is 4. The van der Waals surface area contributed by atoms with E-state index in [4.69, 9.17) is 9.47 Å². The van der Waals surface area contributed by atoms with Crippen molar-refractivity contribution in [1.82, 2.24) is 10.6 Å². The second-order valence-electron chi connectivity index (χ2n) is 5.65. The van der Waals surface area contributed by atoms with E-state index in [1.54, 1.807) is 31.4 Å². The van der Waals surface area contributed by atoms with Crippen LogP contribution in [0.2, 0.25) is 0 Å². The number of rotatable bonds is 5. The van der Waals surface area contributed by atoms with Gasteiger partial charge in [-0.1, -0.05) is 35.9 Å². The lowest BCUT2D eigenvalue weighted by molar-refractivity contribution is -0.115. The van der Waals surface area contributed by atoms with Gasteiger partial charge in [-0.05, 0) is 36.3 Å². The normalized spacial score (nSPS) is 15.0. The predicted octanol–water partition coefficient (Wildman–Crippen LogP) is 2.76. The smallest absolute Gasteiger partial charge is 0.326 e. The molecule has 2 aromatic carbocycles. The lowest BCUT2D eigenvalue weighted by Crippen LogP contribution is -2.22. The van der Waals surface area contributed by atoms with Crippen molar-refractivity contribution in [3.63, 3.8) is 0 Å². The van der Waals surface area contributed by atoms with Crippen LogP contribution in [0.4, 0.5) is 4.79 Å². The number of ether oxygens (including phenoxy) is 2. The second kappa shape index (κ2) is 7.09. The summed E-state index contributed by atoms with van der Waals surface area (Å²) in [5, 5.41) is 4.60. The first-order valence-electron chi connectivity index (χ1n) is 7.75. The quantitative estimate of drug-likeness (QED) is 0.649. The first-order chi connectivity index (χ1) is 12.0. The van der Waals surface area contributed by atoms with Gasteiger partial charge in [0, 0.05) is 0 Å². The van der Waals surface area contributed by atoms with Crippen molar-refractivity contribution in [3.05, 3.63) is 64.9 Å². The van der Waals surface area contributed by atoms with Crippen molar-refractivity contribution in [2.75, 3.05) is 7.11 Å². The van der Waals surface area contributed by atoms with Crippen LogP contribution in [-0.4, -0.2) is 19.0 Å². The molecule has 6 heteroatoms. The van der Waals surface area contributed by atoms with E-state index in [1.807, 2.05) is 25.1 Å². The summed E-state index contributed by atoms with van der Waals surface area (Å²) in [6, 6.07) is 12.9. The topological polar surface area (TPSA) is 76.7 Å². The Labute approximate surface area is 145 Å².